The fourth-order valence-corrected chi connectivity index (χ4v) is 2.90. The van der Waals surface area contributed by atoms with E-state index in [0.717, 1.165) is 25.9 Å². The van der Waals surface area contributed by atoms with Crippen molar-refractivity contribution in [3.05, 3.63) is 0 Å². The Labute approximate surface area is 179 Å². The molecule has 0 bridgehead atoms. The van der Waals surface area contributed by atoms with Crippen molar-refractivity contribution < 1.29 is 19.0 Å². The molecule has 0 aromatic rings. The highest BCUT2D eigenvalue weighted by Gasteiger charge is 2.26. The van der Waals surface area contributed by atoms with Gasteiger partial charge >= 0.3 is 6.09 Å². The molecule has 0 aliphatic carbocycles. The lowest BCUT2D eigenvalue weighted by atomic mass is 10.2. The summed E-state index contributed by atoms with van der Waals surface area (Å²) in [5.41, 5.74) is 5.59. The maximum atomic E-state index is 12.1. The van der Waals surface area contributed by atoms with Crippen molar-refractivity contribution in [1.82, 2.24) is 9.80 Å². The molecule has 0 aromatic heterocycles. The third kappa shape index (κ3) is 9.29. The van der Waals surface area contributed by atoms with Gasteiger partial charge in [-0.15, -0.1) is 24.0 Å². The average Bonchev–Trinajstić information content (AvgIpc) is 3.10. The Kier molecular flexibility index (Phi) is 10.7. The van der Waals surface area contributed by atoms with Crippen LogP contribution >= 0.6 is 24.0 Å². The Hall–Kier alpha value is -0.810. The highest BCUT2D eigenvalue weighted by molar-refractivity contribution is 14.0. The van der Waals surface area contributed by atoms with Gasteiger partial charge in [0.05, 0.1) is 12.7 Å². The van der Waals surface area contributed by atoms with Gasteiger partial charge in [-0.3, -0.25) is 4.99 Å². The van der Waals surface area contributed by atoms with Crippen molar-refractivity contribution in [2.75, 3.05) is 52.5 Å². The smallest absolute Gasteiger partial charge is 0.410 e. The number of nitrogens with zero attached hydrogens (tertiary/aromatic N) is 3. The van der Waals surface area contributed by atoms with Crippen LogP contribution in [0.15, 0.2) is 4.99 Å². The van der Waals surface area contributed by atoms with Gasteiger partial charge in [0.25, 0.3) is 0 Å². The van der Waals surface area contributed by atoms with Crippen molar-refractivity contribution in [3.63, 3.8) is 0 Å². The van der Waals surface area contributed by atoms with E-state index in [1.807, 2.05) is 25.7 Å². The number of carbonyl (C=O) groups is 1. The van der Waals surface area contributed by atoms with E-state index in [9.17, 15) is 4.79 Å². The highest BCUT2D eigenvalue weighted by atomic mass is 127. The van der Waals surface area contributed by atoms with Crippen LogP contribution in [0.4, 0.5) is 4.79 Å². The van der Waals surface area contributed by atoms with Crippen molar-refractivity contribution >= 4 is 36.0 Å². The third-order valence-electron chi connectivity index (χ3n) is 4.30. The minimum Gasteiger partial charge on any atom is -0.444 e. The molecule has 2 rings (SSSR count). The molecule has 27 heavy (non-hydrogen) atoms. The second kappa shape index (κ2) is 11.9. The number of ether oxygens (including phenoxy) is 3. The zero-order chi connectivity index (χ0) is 19.0. The number of hydrogen-bond acceptors (Lipinski definition) is 5. The number of amides is 1. The molecular weight excluding hydrogens is 463 g/mol. The number of rotatable bonds is 6. The van der Waals surface area contributed by atoms with Crippen LogP contribution in [0, 0.1) is 0 Å². The molecule has 8 nitrogen and oxygen atoms in total. The summed E-state index contributed by atoms with van der Waals surface area (Å²) in [5, 5.41) is 0. The molecule has 9 heteroatoms. The van der Waals surface area contributed by atoms with Gasteiger partial charge in [0.15, 0.2) is 5.96 Å². The Morgan fingerprint density at radius 3 is 2.48 bits per heavy atom. The van der Waals surface area contributed by atoms with Crippen molar-refractivity contribution in [2.24, 2.45) is 10.7 Å². The average molecular weight is 498 g/mol. The minimum atomic E-state index is -0.472. The molecule has 2 aliphatic rings. The van der Waals surface area contributed by atoms with Gasteiger partial charge < -0.3 is 29.7 Å². The topological polar surface area (TPSA) is 89.6 Å². The van der Waals surface area contributed by atoms with Crippen LogP contribution in [0.25, 0.3) is 0 Å². The Morgan fingerprint density at radius 2 is 1.89 bits per heavy atom. The molecule has 1 unspecified atom stereocenters. The van der Waals surface area contributed by atoms with E-state index >= 15 is 0 Å². The van der Waals surface area contributed by atoms with Gasteiger partial charge in [0.1, 0.15) is 5.60 Å². The first kappa shape index (κ1) is 24.2. The maximum Gasteiger partial charge on any atom is 0.410 e. The second-order valence-corrected chi connectivity index (χ2v) is 7.76. The van der Waals surface area contributed by atoms with Crippen LogP contribution in [0.2, 0.25) is 0 Å². The molecular formula is C18H35IN4O4. The number of piperazine rings is 1. The number of halogens is 1. The van der Waals surface area contributed by atoms with Gasteiger partial charge in [-0.2, -0.15) is 0 Å². The zero-order valence-electron chi connectivity index (χ0n) is 16.8. The van der Waals surface area contributed by atoms with Gasteiger partial charge in [-0.1, -0.05) is 0 Å². The number of hydrogen-bond donors (Lipinski definition) is 1. The van der Waals surface area contributed by atoms with E-state index in [1.54, 1.807) is 4.90 Å². The molecule has 2 heterocycles. The van der Waals surface area contributed by atoms with E-state index < -0.39 is 5.60 Å². The molecule has 2 N–H and O–H groups in total. The molecule has 0 aromatic carbocycles. The SMILES string of the molecule is CC(C)(C)OC(=O)N1CCN(C(N)=NCCCOCC2CCCO2)CC1.I. The largest absolute Gasteiger partial charge is 0.444 e. The van der Waals surface area contributed by atoms with E-state index in [4.69, 9.17) is 19.9 Å². The summed E-state index contributed by atoms with van der Waals surface area (Å²) in [5.74, 6) is 0.535. The summed E-state index contributed by atoms with van der Waals surface area (Å²) in [4.78, 5) is 20.2. The second-order valence-electron chi connectivity index (χ2n) is 7.76. The van der Waals surface area contributed by atoms with E-state index in [0.29, 0.717) is 51.9 Å². The monoisotopic (exact) mass is 498 g/mol. The van der Waals surface area contributed by atoms with E-state index in [2.05, 4.69) is 4.99 Å². The van der Waals surface area contributed by atoms with Crippen LogP contribution in [0.5, 0.6) is 0 Å². The Bertz CT molecular complexity index is 470. The van der Waals surface area contributed by atoms with Crippen LogP contribution < -0.4 is 5.73 Å². The molecule has 2 saturated heterocycles. The van der Waals surface area contributed by atoms with Gasteiger partial charge in [0, 0.05) is 45.9 Å². The molecule has 1 atom stereocenters. The van der Waals surface area contributed by atoms with E-state index in [1.165, 1.54) is 0 Å². The normalized spacial score (nSPS) is 21.1. The summed E-state index contributed by atoms with van der Waals surface area (Å²) in [6.45, 7) is 11.0. The predicted octanol–water partition coefficient (Wildman–Crippen LogP) is 2.06. The van der Waals surface area contributed by atoms with Crippen molar-refractivity contribution in [2.45, 2.75) is 51.7 Å². The summed E-state index contributed by atoms with van der Waals surface area (Å²) < 4.78 is 16.5. The Balaban J connectivity index is 0.00000364. The molecule has 2 aliphatic heterocycles. The first-order valence-electron chi connectivity index (χ1n) is 9.57. The summed E-state index contributed by atoms with van der Waals surface area (Å²) in [7, 11) is 0. The molecule has 2 fully saturated rings. The lowest BCUT2D eigenvalue weighted by Gasteiger charge is -2.36. The number of aliphatic imine (C=N–C) groups is 1. The van der Waals surface area contributed by atoms with Crippen molar-refractivity contribution in [1.29, 1.82) is 0 Å². The molecule has 0 spiro atoms. The van der Waals surface area contributed by atoms with Crippen LogP contribution in [0.1, 0.15) is 40.0 Å². The summed E-state index contributed by atoms with van der Waals surface area (Å²) in [6, 6.07) is 0. The quantitative estimate of drug-likeness (QED) is 0.261. The minimum absolute atomic E-state index is 0. The third-order valence-corrected chi connectivity index (χ3v) is 4.30. The molecule has 1 amide bonds. The van der Waals surface area contributed by atoms with Crippen molar-refractivity contribution in [3.8, 4) is 0 Å². The Morgan fingerprint density at radius 1 is 1.22 bits per heavy atom. The van der Waals surface area contributed by atoms with E-state index in [-0.39, 0.29) is 36.2 Å². The predicted molar refractivity (Wildman–Crippen MR) is 116 cm³/mol. The highest BCUT2D eigenvalue weighted by Crippen LogP contribution is 2.12. The summed E-state index contributed by atoms with van der Waals surface area (Å²) >= 11 is 0. The standard InChI is InChI=1S/C18H34N4O4.HI/c1-18(2,3)26-17(23)22-10-8-21(9-11-22)16(19)20-7-5-12-24-14-15-6-4-13-25-15;/h15H,4-14H2,1-3H3,(H2,19,20);1H. The van der Waals surface area contributed by atoms with Gasteiger partial charge in [-0.25, -0.2) is 4.79 Å². The van der Waals surface area contributed by atoms with Crippen LogP contribution in [-0.2, 0) is 14.2 Å². The van der Waals surface area contributed by atoms with Crippen LogP contribution in [0.3, 0.4) is 0 Å². The lowest BCUT2D eigenvalue weighted by molar-refractivity contribution is 0.0170. The molecule has 158 valence electrons. The lowest BCUT2D eigenvalue weighted by Crippen LogP contribution is -2.53. The number of guanidine groups is 1. The fraction of sp³-hybridized carbons (Fsp3) is 0.889. The first-order valence-corrected chi connectivity index (χ1v) is 9.57. The van der Waals surface area contributed by atoms with Gasteiger partial charge in [0.2, 0.25) is 0 Å². The number of carbonyl (C=O) groups excluding carboxylic acids is 1. The summed E-state index contributed by atoms with van der Waals surface area (Å²) in [6.07, 6.45) is 3.07. The zero-order valence-corrected chi connectivity index (χ0v) is 19.1. The first-order chi connectivity index (χ1) is 12.3. The van der Waals surface area contributed by atoms with Crippen LogP contribution in [-0.4, -0.2) is 86.1 Å². The molecule has 0 saturated carbocycles. The number of nitrogens with two attached hydrogens (primary N) is 1. The molecule has 0 radical (unpaired) electrons. The fourth-order valence-electron chi connectivity index (χ4n) is 2.90. The maximum absolute atomic E-state index is 12.1. The van der Waals surface area contributed by atoms with Gasteiger partial charge in [-0.05, 0) is 40.0 Å².